The Morgan fingerprint density at radius 3 is 2.78 bits per heavy atom. The molecule has 2 fully saturated rings. The standard InChI is InChI=1S/C18H25FN2O2/c1-13-11-15(19)5-6-16(13)17(22)12-20-7-2-8-21(10-9-20)18(23)14-3-4-14/h5-6,11,14,17,22H,2-4,7-10,12H2,1H3. The highest BCUT2D eigenvalue weighted by Crippen LogP contribution is 2.31. The van der Waals surface area contributed by atoms with Crippen LogP contribution in [0.25, 0.3) is 0 Å². The number of amides is 1. The van der Waals surface area contributed by atoms with Gasteiger partial charge in [0.1, 0.15) is 5.82 Å². The number of carbonyl (C=O) groups excluding carboxylic acids is 1. The predicted molar refractivity (Wildman–Crippen MR) is 86.5 cm³/mol. The molecule has 1 aromatic carbocycles. The third kappa shape index (κ3) is 4.09. The van der Waals surface area contributed by atoms with E-state index in [2.05, 4.69) is 4.90 Å². The highest BCUT2D eigenvalue weighted by Gasteiger charge is 2.34. The van der Waals surface area contributed by atoms with Crippen LogP contribution in [-0.2, 0) is 4.79 Å². The molecule has 1 amide bonds. The van der Waals surface area contributed by atoms with E-state index < -0.39 is 6.10 Å². The fraction of sp³-hybridized carbons (Fsp3) is 0.611. The summed E-state index contributed by atoms with van der Waals surface area (Å²) in [6.45, 7) is 5.57. The van der Waals surface area contributed by atoms with Crippen molar-refractivity contribution in [3.63, 3.8) is 0 Å². The molecule has 3 rings (SSSR count). The molecule has 1 aliphatic carbocycles. The number of hydrogen-bond donors (Lipinski definition) is 1. The van der Waals surface area contributed by atoms with Gasteiger partial charge in [-0.15, -0.1) is 0 Å². The Labute approximate surface area is 136 Å². The average molecular weight is 320 g/mol. The van der Waals surface area contributed by atoms with Gasteiger partial charge >= 0.3 is 0 Å². The van der Waals surface area contributed by atoms with Crippen molar-refractivity contribution < 1.29 is 14.3 Å². The van der Waals surface area contributed by atoms with Crippen LogP contribution < -0.4 is 0 Å². The number of halogens is 1. The number of carbonyl (C=O) groups is 1. The molecule has 0 radical (unpaired) electrons. The fourth-order valence-electron chi connectivity index (χ4n) is 3.32. The number of aliphatic hydroxyl groups excluding tert-OH is 1. The summed E-state index contributed by atoms with van der Waals surface area (Å²) in [7, 11) is 0. The summed E-state index contributed by atoms with van der Waals surface area (Å²) in [6, 6.07) is 4.51. The summed E-state index contributed by atoms with van der Waals surface area (Å²) in [5.41, 5.74) is 1.56. The Balaban J connectivity index is 1.56. The minimum atomic E-state index is -0.624. The van der Waals surface area contributed by atoms with Crippen molar-refractivity contribution in [3.05, 3.63) is 35.1 Å². The molecule has 0 bridgehead atoms. The van der Waals surface area contributed by atoms with E-state index in [-0.39, 0.29) is 11.7 Å². The third-order valence-electron chi connectivity index (χ3n) is 4.85. The molecule has 126 valence electrons. The normalized spacial score (nSPS) is 21.1. The van der Waals surface area contributed by atoms with E-state index in [9.17, 15) is 14.3 Å². The van der Waals surface area contributed by atoms with E-state index in [1.165, 1.54) is 12.1 Å². The van der Waals surface area contributed by atoms with Crippen LogP contribution >= 0.6 is 0 Å². The summed E-state index contributed by atoms with van der Waals surface area (Å²) in [5.74, 6) is 0.304. The number of aliphatic hydroxyl groups is 1. The van der Waals surface area contributed by atoms with Crippen molar-refractivity contribution in [2.24, 2.45) is 5.92 Å². The Kier molecular flexibility index (Phi) is 4.97. The number of hydrogen-bond acceptors (Lipinski definition) is 3. The summed E-state index contributed by atoms with van der Waals surface area (Å²) < 4.78 is 13.2. The number of rotatable bonds is 4. The summed E-state index contributed by atoms with van der Waals surface area (Å²) in [5, 5.41) is 10.5. The molecule has 23 heavy (non-hydrogen) atoms. The van der Waals surface area contributed by atoms with Gasteiger partial charge in [0.15, 0.2) is 0 Å². The fourth-order valence-corrected chi connectivity index (χ4v) is 3.32. The second-order valence-corrected chi connectivity index (χ2v) is 6.77. The van der Waals surface area contributed by atoms with Gasteiger partial charge in [-0.3, -0.25) is 9.69 Å². The molecule has 1 aromatic rings. The molecule has 0 aromatic heterocycles. The number of nitrogens with zero attached hydrogens (tertiary/aromatic N) is 2. The van der Waals surface area contributed by atoms with E-state index in [4.69, 9.17) is 0 Å². The SMILES string of the molecule is Cc1cc(F)ccc1C(O)CN1CCCN(C(=O)C2CC2)CC1. The van der Waals surface area contributed by atoms with Gasteiger partial charge in [-0.05, 0) is 49.4 Å². The molecule has 1 aliphatic heterocycles. The Morgan fingerprint density at radius 1 is 1.30 bits per heavy atom. The van der Waals surface area contributed by atoms with Crippen LogP contribution in [0.2, 0.25) is 0 Å². The quantitative estimate of drug-likeness (QED) is 0.924. The van der Waals surface area contributed by atoms with Crippen LogP contribution in [0.4, 0.5) is 4.39 Å². The van der Waals surface area contributed by atoms with Crippen LogP contribution in [0.5, 0.6) is 0 Å². The zero-order chi connectivity index (χ0) is 16.4. The second kappa shape index (κ2) is 6.97. The molecule has 4 nitrogen and oxygen atoms in total. The van der Waals surface area contributed by atoms with Gasteiger partial charge in [-0.25, -0.2) is 4.39 Å². The maximum Gasteiger partial charge on any atom is 0.225 e. The van der Waals surface area contributed by atoms with E-state index in [1.807, 2.05) is 11.8 Å². The van der Waals surface area contributed by atoms with Gasteiger partial charge in [0.25, 0.3) is 0 Å². The molecular formula is C18H25FN2O2. The van der Waals surface area contributed by atoms with Gasteiger partial charge < -0.3 is 10.0 Å². The van der Waals surface area contributed by atoms with Crippen molar-refractivity contribution in [1.29, 1.82) is 0 Å². The monoisotopic (exact) mass is 320 g/mol. The van der Waals surface area contributed by atoms with Crippen LogP contribution in [0.1, 0.15) is 36.5 Å². The molecule has 1 unspecified atom stereocenters. The molecule has 1 heterocycles. The summed E-state index contributed by atoms with van der Waals surface area (Å²) >= 11 is 0. The van der Waals surface area contributed by atoms with E-state index in [0.717, 1.165) is 56.6 Å². The minimum absolute atomic E-state index is 0.272. The first-order chi connectivity index (χ1) is 11.0. The molecular weight excluding hydrogens is 295 g/mol. The molecule has 1 saturated carbocycles. The lowest BCUT2D eigenvalue weighted by molar-refractivity contribution is -0.132. The lowest BCUT2D eigenvalue weighted by Crippen LogP contribution is -2.37. The molecule has 1 atom stereocenters. The highest BCUT2D eigenvalue weighted by molar-refractivity contribution is 5.81. The van der Waals surface area contributed by atoms with E-state index in [1.54, 1.807) is 6.07 Å². The zero-order valence-electron chi connectivity index (χ0n) is 13.7. The largest absolute Gasteiger partial charge is 0.387 e. The predicted octanol–water partition coefficient (Wildman–Crippen LogP) is 2.11. The van der Waals surface area contributed by atoms with Gasteiger partial charge in [-0.1, -0.05) is 6.07 Å². The van der Waals surface area contributed by atoms with Gasteiger partial charge in [0, 0.05) is 38.6 Å². The number of β-amino-alcohol motifs (C(OH)–C–C–N with tert-alkyl or cyclic N) is 1. The lowest BCUT2D eigenvalue weighted by Gasteiger charge is -2.25. The molecule has 0 spiro atoms. The number of benzene rings is 1. The molecule has 1 saturated heterocycles. The summed E-state index contributed by atoms with van der Waals surface area (Å²) in [4.78, 5) is 16.3. The Bertz CT molecular complexity index is 574. The zero-order valence-corrected chi connectivity index (χ0v) is 13.7. The average Bonchev–Trinajstić information content (AvgIpc) is 3.34. The smallest absolute Gasteiger partial charge is 0.225 e. The Morgan fingerprint density at radius 2 is 2.09 bits per heavy atom. The number of aryl methyl sites for hydroxylation is 1. The van der Waals surface area contributed by atoms with Gasteiger partial charge in [0.05, 0.1) is 6.10 Å². The summed E-state index contributed by atoms with van der Waals surface area (Å²) in [6.07, 6.45) is 2.40. The lowest BCUT2D eigenvalue weighted by atomic mass is 10.0. The molecule has 2 aliphatic rings. The first kappa shape index (κ1) is 16.4. The first-order valence-electron chi connectivity index (χ1n) is 8.50. The van der Waals surface area contributed by atoms with Gasteiger partial charge in [-0.2, -0.15) is 0 Å². The van der Waals surface area contributed by atoms with Crippen molar-refractivity contribution in [1.82, 2.24) is 9.80 Å². The molecule has 5 heteroatoms. The minimum Gasteiger partial charge on any atom is -0.387 e. The third-order valence-corrected chi connectivity index (χ3v) is 4.85. The van der Waals surface area contributed by atoms with Crippen LogP contribution in [0.3, 0.4) is 0 Å². The van der Waals surface area contributed by atoms with Crippen molar-refractivity contribution in [2.75, 3.05) is 32.7 Å². The molecule has 1 N–H and O–H groups in total. The van der Waals surface area contributed by atoms with Crippen LogP contribution in [0, 0.1) is 18.7 Å². The van der Waals surface area contributed by atoms with E-state index >= 15 is 0 Å². The first-order valence-corrected chi connectivity index (χ1v) is 8.50. The van der Waals surface area contributed by atoms with Gasteiger partial charge in [0.2, 0.25) is 5.91 Å². The topological polar surface area (TPSA) is 43.8 Å². The van der Waals surface area contributed by atoms with E-state index in [0.29, 0.717) is 12.5 Å². The Hall–Kier alpha value is -1.46. The van der Waals surface area contributed by atoms with Crippen molar-refractivity contribution in [2.45, 2.75) is 32.3 Å². The van der Waals surface area contributed by atoms with Crippen LogP contribution in [-0.4, -0.2) is 53.5 Å². The van der Waals surface area contributed by atoms with Crippen molar-refractivity contribution in [3.8, 4) is 0 Å². The highest BCUT2D eigenvalue weighted by atomic mass is 19.1. The van der Waals surface area contributed by atoms with Crippen molar-refractivity contribution >= 4 is 5.91 Å². The maximum atomic E-state index is 13.2. The second-order valence-electron chi connectivity index (χ2n) is 6.77. The maximum absolute atomic E-state index is 13.2. The van der Waals surface area contributed by atoms with Crippen LogP contribution in [0.15, 0.2) is 18.2 Å².